The van der Waals surface area contributed by atoms with Crippen LogP contribution in [-0.4, -0.2) is 4.98 Å². The molecule has 1 aromatic heterocycles. The molecule has 0 aromatic carbocycles. The third-order valence-electron chi connectivity index (χ3n) is 3.57. The van der Waals surface area contributed by atoms with Crippen molar-refractivity contribution in [3.05, 3.63) is 23.5 Å². The number of nitrogen functional groups attached to an aromatic ring is 1. The molecular weight excluding hydrogens is 184 g/mol. The van der Waals surface area contributed by atoms with Gasteiger partial charge in [0, 0.05) is 11.6 Å². The molecule has 1 heterocycles. The maximum absolute atomic E-state index is 5.80. The van der Waals surface area contributed by atoms with Crippen molar-refractivity contribution in [3.8, 4) is 0 Å². The second-order valence-corrected chi connectivity index (χ2v) is 5.07. The molecule has 1 aromatic rings. The molecule has 1 aliphatic carbocycles. The van der Waals surface area contributed by atoms with E-state index in [2.05, 4.69) is 31.8 Å². The van der Waals surface area contributed by atoms with Crippen molar-refractivity contribution in [2.75, 3.05) is 5.73 Å². The van der Waals surface area contributed by atoms with Gasteiger partial charge in [-0.05, 0) is 36.3 Å². The summed E-state index contributed by atoms with van der Waals surface area (Å²) in [6.07, 6.45) is 4.33. The van der Waals surface area contributed by atoms with E-state index in [1.165, 1.54) is 24.1 Å². The zero-order valence-corrected chi connectivity index (χ0v) is 9.83. The van der Waals surface area contributed by atoms with Gasteiger partial charge < -0.3 is 5.73 Å². The molecule has 0 bridgehead atoms. The van der Waals surface area contributed by atoms with E-state index in [9.17, 15) is 0 Å². The molecule has 0 saturated carbocycles. The highest BCUT2D eigenvalue weighted by Crippen LogP contribution is 2.41. The number of fused-ring (bicyclic) bond motifs is 1. The summed E-state index contributed by atoms with van der Waals surface area (Å²) < 4.78 is 0. The minimum absolute atomic E-state index is 0.617. The van der Waals surface area contributed by atoms with Gasteiger partial charge in [0.1, 0.15) is 0 Å². The largest absolute Gasteiger partial charge is 0.397 e. The Morgan fingerprint density at radius 2 is 2.13 bits per heavy atom. The lowest BCUT2D eigenvalue weighted by Crippen LogP contribution is -2.18. The number of hydrogen-bond donors (Lipinski definition) is 1. The van der Waals surface area contributed by atoms with Crippen LogP contribution in [0.25, 0.3) is 0 Å². The molecule has 82 valence electrons. The fraction of sp³-hybridized carbons (Fsp3) is 0.615. The summed E-state index contributed by atoms with van der Waals surface area (Å²) in [5.74, 6) is 1.91. The first-order chi connectivity index (χ1) is 7.09. The lowest BCUT2D eigenvalue weighted by atomic mass is 9.76. The highest BCUT2D eigenvalue weighted by Gasteiger charge is 2.27. The maximum Gasteiger partial charge on any atom is 0.0503 e. The lowest BCUT2D eigenvalue weighted by Gasteiger charge is -2.31. The van der Waals surface area contributed by atoms with Crippen LogP contribution in [0.4, 0.5) is 5.69 Å². The van der Waals surface area contributed by atoms with Crippen LogP contribution in [0.2, 0.25) is 0 Å². The van der Waals surface area contributed by atoms with Gasteiger partial charge in [0.05, 0.1) is 11.9 Å². The molecular formula is C13H20N2. The van der Waals surface area contributed by atoms with Crippen molar-refractivity contribution in [1.29, 1.82) is 0 Å². The third kappa shape index (κ3) is 1.85. The summed E-state index contributed by atoms with van der Waals surface area (Å²) in [5.41, 5.74) is 9.26. The summed E-state index contributed by atoms with van der Waals surface area (Å²) in [6, 6.07) is 2.11. The Kier molecular flexibility index (Phi) is 2.68. The minimum atomic E-state index is 0.617. The van der Waals surface area contributed by atoms with E-state index in [1.807, 2.05) is 0 Å². The standard InChI is InChI=1S/C13H20N2/c1-8(2)11-5-4-9(3)12-6-10(14)7-15-13(11)12/h6-9,11H,4-5,14H2,1-3H3/t9?,11-/m0/s1. The zero-order valence-electron chi connectivity index (χ0n) is 9.83. The van der Waals surface area contributed by atoms with Crippen LogP contribution in [0.5, 0.6) is 0 Å². The number of nitrogens with two attached hydrogens (primary N) is 1. The average molecular weight is 204 g/mol. The Bertz CT molecular complexity index is 358. The topological polar surface area (TPSA) is 38.9 Å². The van der Waals surface area contributed by atoms with Gasteiger partial charge in [0.25, 0.3) is 0 Å². The molecule has 0 aliphatic heterocycles. The molecule has 15 heavy (non-hydrogen) atoms. The average Bonchev–Trinajstić information content (AvgIpc) is 2.19. The third-order valence-corrected chi connectivity index (χ3v) is 3.57. The quantitative estimate of drug-likeness (QED) is 0.762. The van der Waals surface area contributed by atoms with E-state index < -0.39 is 0 Å². The summed E-state index contributed by atoms with van der Waals surface area (Å²) >= 11 is 0. The first-order valence-electron chi connectivity index (χ1n) is 5.85. The van der Waals surface area contributed by atoms with E-state index in [1.54, 1.807) is 6.20 Å². The summed E-state index contributed by atoms with van der Waals surface area (Å²) in [4.78, 5) is 4.55. The van der Waals surface area contributed by atoms with Crippen LogP contribution >= 0.6 is 0 Å². The van der Waals surface area contributed by atoms with Gasteiger partial charge in [0.15, 0.2) is 0 Å². The van der Waals surface area contributed by atoms with Crippen LogP contribution < -0.4 is 5.73 Å². The van der Waals surface area contributed by atoms with E-state index in [-0.39, 0.29) is 0 Å². The van der Waals surface area contributed by atoms with Crippen LogP contribution in [-0.2, 0) is 0 Å². The molecule has 0 spiro atoms. The molecule has 2 rings (SSSR count). The number of rotatable bonds is 1. The Balaban J connectivity index is 2.45. The molecule has 2 atom stereocenters. The van der Waals surface area contributed by atoms with E-state index in [0.29, 0.717) is 17.8 Å². The van der Waals surface area contributed by atoms with E-state index in [4.69, 9.17) is 5.73 Å². The zero-order chi connectivity index (χ0) is 11.0. The van der Waals surface area contributed by atoms with Crippen LogP contribution in [0.3, 0.4) is 0 Å². The summed E-state index contributed by atoms with van der Waals surface area (Å²) in [6.45, 7) is 6.83. The summed E-state index contributed by atoms with van der Waals surface area (Å²) in [7, 11) is 0. The van der Waals surface area contributed by atoms with Gasteiger partial charge in [-0.15, -0.1) is 0 Å². The Labute approximate surface area is 91.9 Å². The highest BCUT2D eigenvalue weighted by molar-refractivity contribution is 5.43. The van der Waals surface area contributed by atoms with Gasteiger partial charge in [-0.2, -0.15) is 0 Å². The van der Waals surface area contributed by atoms with Crippen molar-refractivity contribution in [2.24, 2.45) is 5.92 Å². The van der Waals surface area contributed by atoms with Crippen molar-refractivity contribution in [2.45, 2.75) is 45.4 Å². The van der Waals surface area contributed by atoms with Gasteiger partial charge in [-0.3, -0.25) is 4.98 Å². The predicted octanol–water partition coefficient (Wildman–Crippen LogP) is 3.30. The molecule has 2 nitrogen and oxygen atoms in total. The van der Waals surface area contributed by atoms with E-state index in [0.717, 1.165) is 5.69 Å². The van der Waals surface area contributed by atoms with Crippen molar-refractivity contribution in [1.82, 2.24) is 4.98 Å². The number of aromatic nitrogens is 1. The van der Waals surface area contributed by atoms with Crippen molar-refractivity contribution < 1.29 is 0 Å². The van der Waals surface area contributed by atoms with E-state index >= 15 is 0 Å². The molecule has 0 amide bonds. The molecule has 1 unspecified atom stereocenters. The Morgan fingerprint density at radius 3 is 2.80 bits per heavy atom. The predicted molar refractivity (Wildman–Crippen MR) is 63.9 cm³/mol. The smallest absolute Gasteiger partial charge is 0.0503 e. The van der Waals surface area contributed by atoms with Crippen molar-refractivity contribution in [3.63, 3.8) is 0 Å². The first kappa shape index (κ1) is 10.5. The molecule has 0 fully saturated rings. The first-order valence-corrected chi connectivity index (χ1v) is 5.85. The number of pyridine rings is 1. The van der Waals surface area contributed by atoms with Crippen molar-refractivity contribution >= 4 is 5.69 Å². The number of anilines is 1. The SMILES string of the molecule is CC1CC[C@@H](C(C)C)c2ncc(N)cc21. The molecule has 0 saturated heterocycles. The number of hydrogen-bond acceptors (Lipinski definition) is 2. The van der Waals surface area contributed by atoms with Gasteiger partial charge in [0.2, 0.25) is 0 Å². The Morgan fingerprint density at radius 1 is 1.40 bits per heavy atom. The second kappa shape index (κ2) is 3.84. The summed E-state index contributed by atoms with van der Waals surface area (Å²) in [5, 5.41) is 0. The molecule has 0 radical (unpaired) electrons. The van der Waals surface area contributed by atoms with Gasteiger partial charge in [-0.25, -0.2) is 0 Å². The Hall–Kier alpha value is -1.05. The second-order valence-electron chi connectivity index (χ2n) is 5.07. The molecule has 2 heteroatoms. The minimum Gasteiger partial charge on any atom is -0.397 e. The fourth-order valence-corrected chi connectivity index (χ4v) is 2.58. The monoisotopic (exact) mass is 204 g/mol. The molecule has 2 N–H and O–H groups in total. The van der Waals surface area contributed by atoms with Gasteiger partial charge >= 0.3 is 0 Å². The molecule has 1 aliphatic rings. The number of nitrogens with zero attached hydrogens (tertiary/aromatic N) is 1. The maximum atomic E-state index is 5.80. The highest BCUT2D eigenvalue weighted by atomic mass is 14.7. The lowest BCUT2D eigenvalue weighted by molar-refractivity contribution is 0.400. The van der Waals surface area contributed by atoms with Crippen LogP contribution in [0.15, 0.2) is 12.3 Å². The van der Waals surface area contributed by atoms with Gasteiger partial charge in [-0.1, -0.05) is 20.8 Å². The van der Waals surface area contributed by atoms with Crippen LogP contribution in [0.1, 0.15) is 56.7 Å². The normalized spacial score (nSPS) is 25.3. The fourth-order valence-electron chi connectivity index (χ4n) is 2.58. The van der Waals surface area contributed by atoms with Crippen LogP contribution in [0, 0.1) is 5.92 Å².